The molecule has 4 rings (SSSR count). The maximum Gasteiger partial charge on any atom is 0.297 e. The third kappa shape index (κ3) is 2.35. The number of para-hydroxylation sites is 1. The quantitative estimate of drug-likeness (QED) is 0.749. The zero-order valence-corrected chi connectivity index (χ0v) is 12.9. The molecule has 1 aliphatic carbocycles. The van der Waals surface area contributed by atoms with Crippen LogP contribution in [0.3, 0.4) is 0 Å². The topological polar surface area (TPSA) is 81.0 Å². The molecule has 1 aromatic carbocycles. The molecule has 1 aliphatic rings. The molecule has 0 saturated heterocycles. The highest BCUT2D eigenvalue weighted by molar-refractivity contribution is 5.78. The number of nitrogens with one attached hydrogen (secondary N) is 1. The summed E-state index contributed by atoms with van der Waals surface area (Å²) < 4.78 is 10.4. The standard InChI is InChI=1S/C18H15N3O3/c1-2-23-13-10-6-5-9-12(13)17-19-15-14(11-7-3-4-8-11)21-24-16(15)18(22)20-17/h1,5-6,9-11H,3-4,7-8H2,(H,19,20,22). The van der Waals surface area contributed by atoms with Gasteiger partial charge in [0.05, 0.1) is 5.56 Å². The van der Waals surface area contributed by atoms with E-state index in [-0.39, 0.29) is 11.1 Å². The van der Waals surface area contributed by atoms with Gasteiger partial charge in [-0.25, -0.2) is 4.98 Å². The third-order valence-electron chi connectivity index (χ3n) is 4.41. The summed E-state index contributed by atoms with van der Waals surface area (Å²) in [6.07, 6.45) is 11.8. The fourth-order valence-electron chi connectivity index (χ4n) is 3.27. The highest BCUT2D eigenvalue weighted by atomic mass is 16.5. The predicted octanol–water partition coefficient (Wildman–Crippen LogP) is 3.21. The zero-order valence-electron chi connectivity index (χ0n) is 12.9. The van der Waals surface area contributed by atoms with Gasteiger partial charge in [-0.2, -0.15) is 0 Å². The SMILES string of the molecule is C#COc1ccccc1-c1nc2c(C3CCCC3)noc2c(=O)[nH]1. The molecular weight excluding hydrogens is 306 g/mol. The molecule has 1 saturated carbocycles. The maximum absolute atomic E-state index is 12.4. The molecule has 0 unspecified atom stereocenters. The van der Waals surface area contributed by atoms with Crippen molar-refractivity contribution in [3.63, 3.8) is 0 Å². The van der Waals surface area contributed by atoms with Crippen LogP contribution in [-0.4, -0.2) is 15.1 Å². The second kappa shape index (κ2) is 5.85. The van der Waals surface area contributed by atoms with Crippen LogP contribution in [0.2, 0.25) is 0 Å². The minimum Gasteiger partial charge on any atom is -0.407 e. The van der Waals surface area contributed by atoms with E-state index in [4.69, 9.17) is 15.7 Å². The summed E-state index contributed by atoms with van der Waals surface area (Å²) in [7, 11) is 0. The van der Waals surface area contributed by atoms with Crippen molar-refractivity contribution < 1.29 is 9.26 Å². The lowest BCUT2D eigenvalue weighted by molar-refractivity contribution is 0.434. The molecule has 0 bridgehead atoms. The minimum atomic E-state index is -0.359. The highest BCUT2D eigenvalue weighted by Gasteiger charge is 2.25. The Balaban J connectivity index is 1.90. The lowest BCUT2D eigenvalue weighted by Crippen LogP contribution is -2.09. The van der Waals surface area contributed by atoms with Gasteiger partial charge in [0.2, 0.25) is 5.58 Å². The second-order valence-corrected chi connectivity index (χ2v) is 5.86. The van der Waals surface area contributed by atoms with Gasteiger partial charge >= 0.3 is 0 Å². The number of hydrogen-bond donors (Lipinski definition) is 1. The van der Waals surface area contributed by atoms with E-state index in [9.17, 15) is 4.79 Å². The van der Waals surface area contributed by atoms with Crippen molar-refractivity contribution in [1.82, 2.24) is 15.1 Å². The molecule has 2 aromatic heterocycles. The van der Waals surface area contributed by atoms with Gasteiger partial charge in [-0.15, -0.1) is 0 Å². The Morgan fingerprint density at radius 1 is 1.29 bits per heavy atom. The molecular formula is C18H15N3O3. The number of aromatic amines is 1. The Hall–Kier alpha value is -3.07. The number of benzene rings is 1. The number of nitrogens with zero attached hydrogens (tertiary/aromatic N) is 2. The van der Waals surface area contributed by atoms with Crippen LogP contribution >= 0.6 is 0 Å². The Kier molecular flexibility index (Phi) is 3.54. The van der Waals surface area contributed by atoms with E-state index in [0.717, 1.165) is 31.4 Å². The molecule has 120 valence electrons. The van der Waals surface area contributed by atoms with E-state index >= 15 is 0 Å². The van der Waals surface area contributed by atoms with Crippen molar-refractivity contribution in [2.45, 2.75) is 31.6 Å². The maximum atomic E-state index is 12.4. The van der Waals surface area contributed by atoms with Gasteiger partial charge in [-0.1, -0.05) is 36.6 Å². The van der Waals surface area contributed by atoms with Crippen molar-refractivity contribution in [2.24, 2.45) is 0 Å². The minimum absolute atomic E-state index is 0.163. The molecule has 6 nitrogen and oxygen atoms in total. The van der Waals surface area contributed by atoms with Gasteiger partial charge in [0.25, 0.3) is 5.56 Å². The number of aromatic nitrogens is 3. The summed E-state index contributed by atoms with van der Waals surface area (Å²) in [5.41, 5.74) is 1.72. The van der Waals surface area contributed by atoms with E-state index in [1.165, 1.54) is 0 Å². The Morgan fingerprint density at radius 3 is 2.88 bits per heavy atom. The molecule has 0 atom stereocenters. The summed E-state index contributed by atoms with van der Waals surface area (Å²) in [5.74, 6) is 1.15. The van der Waals surface area contributed by atoms with Gasteiger partial charge in [-0.05, 0) is 25.0 Å². The first-order chi connectivity index (χ1) is 11.8. The van der Waals surface area contributed by atoms with Crippen molar-refractivity contribution >= 4 is 11.1 Å². The van der Waals surface area contributed by atoms with E-state index < -0.39 is 0 Å². The first kappa shape index (κ1) is 14.5. The second-order valence-electron chi connectivity index (χ2n) is 5.86. The first-order valence-corrected chi connectivity index (χ1v) is 7.89. The van der Waals surface area contributed by atoms with Gasteiger partial charge in [0.1, 0.15) is 23.1 Å². The molecule has 1 fully saturated rings. The van der Waals surface area contributed by atoms with E-state index in [2.05, 4.69) is 21.2 Å². The molecule has 24 heavy (non-hydrogen) atoms. The van der Waals surface area contributed by atoms with Gasteiger partial charge in [-0.3, -0.25) is 4.79 Å². The molecule has 2 heterocycles. The summed E-state index contributed by atoms with van der Waals surface area (Å²) in [5, 5.41) is 4.11. The molecule has 0 spiro atoms. The molecule has 0 radical (unpaired) electrons. The number of hydrogen-bond acceptors (Lipinski definition) is 5. The lowest BCUT2D eigenvalue weighted by Gasteiger charge is -2.07. The molecule has 6 heteroatoms. The Bertz CT molecular complexity index is 991. The fraction of sp³-hybridized carbons (Fsp3) is 0.278. The van der Waals surface area contributed by atoms with E-state index in [1.807, 2.05) is 6.07 Å². The monoisotopic (exact) mass is 321 g/mol. The summed E-state index contributed by atoms with van der Waals surface area (Å²) >= 11 is 0. The van der Waals surface area contributed by atoms with Crippen molar-refractivity contribution in [3.8, 4) is 29.7 Å². The fourth-order valence-corrected chi connectivity index (χ4v) is 3.27. The van der Waals surface area contributed by atoms with Gasteiger partial charge in [0, 0.05) is 5.92 Å². The van der Waals surface area contributed by atoms with Crippen molar-refractivity contribution in [2.75, 3.05) is 0 Å². The number of rotatable bonds is 3. The van der Waals surface area contributed by atoms with Crippen LogP contribution in [0.4, 0.5) is 0 Å². The molecule has 0 aliphatic heterocycles. The normalized spacial score (nSPS) is 14.8. The van der Waals surface area contributed by atoms with Gasteiger partial charge in [0.15, 0.2) is 5.75 Å². The van der Waals surface area contributed by atoms with Crippen molar-refractivity contribution in [1.29, 1.82) is 0 Å². The highest BCUT2D eigenvalue weighted by Crippen LogP contribution is 2.36. The number of terminal acetylenes is 1. The van der Waals surface area contributed by atoms with E-state index in [0.29, 0.717) is 28.6 Å². The number of fused-ring (bicyclic) bond motifs is 1. The third-order valence-corrected chi connectivity index (χ3v) is 4.41. The van der Waals surface area contributed by atoms with Gasteiger partial charge < -0.3 is 14.2 Å². The summed E-state index contributed by atoms with van der Waals surface area (Å²) in [6.45, 7) is 0. The largest absolute Gasteiger partial charge is 0.407 e. The summed E-state index contributed by atoms with van der Waals surface area (Å²) in [4.78, 5) is 19.7. The van der Waals surface area contributed by atoms with Crippen LogP contribution in [0.5, 0.6) is 5.75 Å². The van der Waals surface area contributed by atoms with Crippen LogP contribution in [-0.2, 0) is 0 Å². The van der Waals surface area contributed by atoms with E-state index in [1.54, 1.807) is 18.2 Å². The average molecular weight is 321 g/mol. The smallest absolute Gasteiger partial charge is 0.297 e. The predicted molar refractivity (Wildman–Crippen MR) is 88.5 cm³/mol. The average Bonchev–Trinajstić information content (AvgIpc) is 3.24. The van der Waals surface area contributed by atoms with Crippen LogP contribution in [0.1, 0.15) is 37.3 Å². The molecule has 0 amide bonds. The van der Waals surface area contributed by atoms with Crippen molar-refractivity contribution in [3.05, 3.63) is 40.3 Å². The Labute approximate surface area is 137 Å². The number of ether oxygens (including phenoxy) is 1. The van der Waals surface area contributed by atoms with Crippen LogP contribution in [0.15, 0.2) is 33.6 Å². The first-order valence-electron chi connectivity index (χ1n) is 7.89. The Morgan fingerprint density at radius 2 is 2.08 bits per heavy atom. The van der Waals surface area contributed by atoms with Crippen LogP contribution in [0, 0.1) is 12.5 Å². The zero-order chi connectivity index (χ0) is 16.5. The van der Waals surface area contributed by atoms with Crippen LogP contribution in [0.25, 0.3) is 22.5 Å². The molecule has 1 N–H and O–H groups in total. The lowest BCUT2D eigenvalue weighted by atomic mass is 10.0. The summed E-state index contributed by atoms with van der Waals surface area (Å²) in [6, 6.07) is 7.15. The number of H-pyrrole nitrogens is 1. The van der Waals surface area contributed by atoms with Crippen LogP contribution < -0.4 is 10.3 Å². The molecule has 3 aromatic rings.